The largest absolute Gasteiger partial charge is 0.466 e. The second-order valence-corrected chi connectivity index (χ2v) is 5.79. The SMILES string of the molecule is CCOC(=O)[C@@H]1[C@H](c2ccccc2[N+](=O)[O-])NC(=S)N[C@]1(O)C(F)(F)F. The third-order valence-electron chi connectivity index (χ3n) is 3.82. The van der Waals surface area contributed by atoms with E-state index < -0.39 is 45.6 Å². The maximum atomic E-state index is 13.6. The zero-order valence-electron chi connectivity index (χ0n) is 13.2. The fourth-order valence-corrected chi connectivity index (χ4v) is 3.00. The molecule has 0 amide bonds. The second kappa shape index (κ2) is 7.03. The molecular formula is C14H14F3N3O5S. The van der Waals surface area contributed by atoms with Crippen LogP contribution in [-0.4, -0.2) is 39.6 Å². The van der Waals surface area contributed by atoms with E-state index in [4.69, 9.17) is 12.2 Å². The van der Waals surface area contributed by atoms with Crippen molar-refractivity contribution in [2.75, 3.05) is 6.61 Å². The highest BCUT2D eigenvalue weighted by Crippen LogP contribution is 2.44. The lowest BCUT2D eigenvalue weighted by molar-refractivity contribution is -0.386. The highest BCUT2D eigenvalue weighted by molar-refractivity contribution is 7.80. The number of nitro benzene ring substituents is 1. The van der Waals surface area contributed by atoms with E-state index in [1.165, 1.54) is 25.1 Å². The molecule has 1 aliphatic rings. The van der Waals surface area contributed by atoms with Crippen molar-refractivity contribution in [3.8, 4) is 0 Å². The van der Waals surface area contributed by atoms with Crippen molar-refractivity contribution in [3.05, 3.63) is 39.9 Å². The molecule has 2 rings (SSSR count). The number of carbonyl (C=O) groups excluding carboxylic acids is 1. The summed E-state index contributed by atoms with van der Waals surface area (Å²) in [6.07, 6.45) is -5.32. The van der Waals surface area contributed by atoms with Crippen molar-refractivity contribution in [3.63, 3.8) is 0 Å². The summed E-state index contributed by atoms with van der Waals surface area (Å²) in [5, 5.41) is 24.9. The zero-order chi connectivity index (χ0) is 19.7. The average Bonchev–Trinajstić information content (AvgIpc) is 2.53. The molecule has 1 heterocycles. The van der Waals surface area contributed by atoms with E-state index >= 15 is 0 Å². The van der Waals surface area contributed by atoms with Crippen molar-refractivity contribution in [1.82, 2.24) is 10.6 Å². The van der Waals surface area contributed by atoms with Crippen LogP contribution in [0.1, 0.15) is 18.5 Å². The number of nitro groups is 1. The van der Waals surface area contributed by atoms with E-state index in [9.17, 15) is 33.2 Å². The molecule has 1 fully saturated rings. The fraction of sp³-hybridized carbons (Fsp3) is 0.429. The molecule has 26 heavy (non-hydrogen) atoms. The predicted molar refractivity (Wildman–Crippen MR) is 85.8 cm³/mol. The van der Waals surface area contributed by atoms with Gasteiger partial charge >= 0.3 is 12.1 Å². The van der Waals surface area contributed by atoms with Crippen LogP contribution in [0.4, 0.5) is 18.9 Å². The van der Waals surface area contributed by atoms with Gasteiger partial charge in [-0.1, -0.05) is 18.2 Å². The Balaban J connectivity index is 2.67. The Morgan fingerprint density at radius 3 is 2.62 bits per heavy atom. The number of rotatable bonds is 4. The molecule has 142 valence electrons. The summed E-state index contributed by atoms with van der Waals surface area (Å²) in [7, 11) is 0. The lowest BCUT2D eigenvalue weighted by Gasteiger charge is -2.45. The number of benzene rings is 1. The molecule has 1 aromatic rings. The summed E-state index contributed by atoms with van der Waals surface area (Å²) >= 11 is 4.71. The number of hydrogen-bond acceptors (Lipinski definition) is 6. The lowest BCUT2D eigenvalue weighted by Crippen LogP contribution is -2.73. The maximum absolute atomic E-state index is 13.6. The highest BCUT2D eigenvalue weighted by atomic mass is 32.1. The van der Waals surface area contributed by atoms with Gasteiger partial charge in [-0.25, -0.2) is 0 Å². The van der Waals surface area contributed by atoms with Gasteiger partial charge in [-0.15, -0.1) is 0 Å². The summed E-state index contributed by atoms with van der Waals surface area (Å²) in [6, 6.07) is 3.26. The first-order valence-corrected chi connectivity index (χ1v) is 7.71. The number of aliphatic hydroxyl groups is 1. The Labute approximate surface area is 150 Å². The number of ether oxygens (including phenoxy) is 1. The van der Waals surface area contributed by atoms with Crippen molar-refractivity contribution >= 4 is 29.0 Å². The molecule has 8 nitrogen and oxygen atoms in total. The number of halogens is 3. The van der Waals surface area contributed by atoms with Gasteiger partial charge in [0, 0.05) is 6.07 Å². The van der Waals surface area contributed by atoms with E-state index in [2.05, 4.69) is 10.1 Å². The van der Waals surface area contributed by atoms with E-state index in [-0.39, 0.29) is 12.2 Å². The average molecular weight is 393 g/mol. The van der Waals surface area contributed by atoms with Crippen LogP contribution in [0.2, 0.25) is 0 Å². The molecule has 3 N–H and O–H groups in total. The molecule has 0 bridgehead atoms. The van der Waals surface area contributed by atoms with Gasteiger partial charge in [0.2, 0.25) is 0 Å². The van der Waals surface area contributed by atoms with Crippen molar-refractivity contribution in [1.29, 1.82) is 0 Å². The smallest absolute Gasteiger partial charge is 0.437 e. The predicted octanol–water partition coefficient (Wildman–Crippen LogP) is 1.54. The first-order chi connectivity index (χ1) is 12.0. The number of alkyl halides is 3. The summed E-state index contributed by atoms with van der Waals surface area (Å²) in [6.45, 7) is 1.12. The molecule has 0 saturated carbocycles. The first-order valence-electron chi connectivity index (χ1n) is 7.30. The maximum Gasteiger partial charge on any atom is 0.437 e. The molecule has 0 unspecified atom stereocenters. The van der Waals surface area contributed by atoms with Crippen LogP contribution in [0.15, 0.2) is 24.3 Å². The normalized spacial score (nSPS) is 25.8. The monoisotopic (exact) mass is 393 g/mol. The van der Waals surface area contributed by atoms with Gasteiger partial charge in [0.1, 0.15) is 5.92 Å². The van der Waals surface area contributed by atoms with Gasteiger partial charge in [-0.3, -0.25) is 14.9 Å². The summed E-state index contributed by atoms with van der Waals surface area (Å²) in [5.41, 5.74) is -4.55. The molecular weight excluding hydrogens is 379 g/mol. The standard InChI is InChI=1S/C14H14F3N3O5S/c1-2-25-11(21)9-10(7-5-3-4-6-8(7)20(23)24)18-12(26)19-13(9,22)14(15,16)17/h3-6,9-10,22H,2H2,1H3,(H2,18,19,26)/t9-,10-,13+/m0/s1. The van der Waals surface area contributed by atoms with Gasteiger partial charge < -0.3 is 20.5 Å². The second-order valence-electron chi connectivity index (χ2n) is 5.39. The van der Waals surface area contributed by atoms with E-state index in [0.717, 1.165) is 6.07 Å². The van der Waals surface area contributed by atoms with Gasteiger partial charge in [-0.05, 0) is 19.1 Å². The van der Waals surface area contributed by atoms with Gasteiger partial charge in [0.25, 0.3) is 11.4 Å². The Kier molecular flexibility index (Phi) is 5.37. The third kappa shape index (κ3) is 3.42. The van der Waals surface area contributed by atoms with Crippen LogP contribution in [0.5, 0.6) is 0 Å². The van der Waals surface area contributed by atoms with Crippen molar-refractivity contribution in [2.24, 2.45) is 5.92 Å². The summed E-state index contributed by atoms with van der Waals surface area (Å²) < 4.78 is 45.3. The van der Waals surface area contributed by atoms with E-state index in [1.807, 2.05) is 0 Å². The summed E-state index contributed by atoms with van der Waals surface area (Å²) in [5.74, 6) is -3.67. The van der Waals surface area contributed by atoms with Crippen LogP contribution < -0.4 is 10.6 Å². The van der Waals surface area contributed by atoms with Crippen LogP contribution in [0.3, 0.4) is 0 Å². The Hall–Kier alpha value is -2.47. The highest BCUT2D eigenvalue weighted by Gasteiger charge is 2.67. The van der Waals surface area contributed by atoms with Crippen molar-refractivity contribution < 1.29 is 32.7 Å². The molecule has 12 heteroatoms. The topological polar surface area (TPSA) is 114 Å². The number of esters is 1. The molecule has 0 spiro atoms. The fourth-order valence-electron chi connectivity index (χ4n) is 2.71. The number of nitrogens with zero attached hydrogens (tertiary/aromatic N) is 1. The number of nitrogens with one attached hydrogen (secondary N) is 2. The number of para-hydroxylation sites is 1. The molecule has 1 aliphatic heterocycles. The molecule has 3 atom stereocenters. The third-order valence-corrected chi connectivity index (χ3v) is 4.04. The van der Waals surface area contributed by atoms with E-state index in [0.29, 0.717) is 0 Å². The first kappa shape index (κ1) is 19.8. The molecule has 1 aromatic carbocycles. The van der Waals surface area contributed by atoms with E-state index in [1.54, 1.807) is 5.32 Å². The van der Waals surface area contributed by atoms with Crippen LogP contribution in [0.25, 0.3) is 0 Å². The minimum Gasteiger partial charge on any atom is -0.466 e. The molecule has 0 aliphatic carbocycles. The Morgan fingerprint density at radius 1 is 1.46 bits per heavy atom. The van der Waals surface area contributed by atoms with Crippen molar-refractivity contribution in [2.45, 2.75) is 24.9 Å². The van der Waals surface area contributed by atoms with Crippen LogP contribution >= 0.6 is 12.2 Å². The molecule has 0 aromatic heterocycles. The molecule has 1 saturated heterocycles. The lowest BCUT2D eigenvalue weighted by atomic mass is 9.81. The van der Waals surface area contributed by atoms with Gasteiger partial charge in [-0.2, -0.15) is 13.2 Å². The number of carbonyl (C=O) groups is 1. The van der Waals surface area contributed by atoms with Crippen LogP contribution in [0, 0.1) is 16.0 Å². The van der Waals surface area contributed by atoms with Crippen LogP contribution in [-0.2, 0) is 9.53 Å². The minimum atomic E-state index is -5.32. The van der Waals surface area contributed by atoms with Gasteiger partial charge in [0.15, 0.2) is 5.11 Å². The number of thiocarbonyl (C=S) groups is 1. The van der Waals surface area contributed by atoms with Gasteiger partial charge in [0.05, 0.1) is 23.1 Å². The number of hydrogen-bond donors (Lipinski definition) is 3. The Morgan fingerprint density at radius 2 is 2.08 bits per heavy atom. The summed E-state index contributed by atoms with van der Waals surface area (Å²) in [4.78, 5) is 22.7. The Bertz CT molecular complexity index is 745. The molecule has 0 radical (unpaired) electrons. The minimum absolute atomic E-state index is 0.248. The zero-order valence-corrected chi connectivity index (χ0v) is 14.1. The quantitative estimate of drug-likeness (QED) is 0.306.